The third-order valence-electron chi connectivity index (χ3n) is 2.89. The minimum atomic E-state index is -0.232. The van der Waals surface area contributed by atoms with E-state index >= 15 is 0 Å². The van der Waals surface area contributed by atoms with Crippen molar-refractivity contribution in [2.45, 2.75) is 26.4 Å². The average molecular weight is 284 g/mol. The fourth-order valence-electron chi connectivity index (χ4n) is 1.85. The summed E-state index contributed by atoms with van der Waals surface area (Å²) in [5, 5.41) is 7.21. The Morgan fingerprint density at radius 2 is 2.00 bits per heavy atom. The first-order chi connectivity index (χ1) is 8.81. The molecular weight excluding hydrogens is 265 g/mol. The maximum Gasteiger partial charge on any atom is 0.215 e. The Labute approximate surface area is 119 Å². The van der Waals surface area contributed by atoms with E-state index in [-0.39, 0.29) is 18.4 Å². The van der Waals surface area contributed by atoms with Gasteiger partial charge in [-0.1, -0.05) is 30.3 Å². The van der Waals surface area contributed by atoms with Crippen LogP contribution in [0.5, 0.6) is 0 Å². The van der Waals surface area contributed by atoms with Crippen molar-refractivity contribution in [2.24, 2.45) is 0 Å². The Hall–Kier alpha value is -1.39. The molecular formula is C14H19ClFN3. The predicted octanol–water partition coefficient (Wildman–Crippen LogP) is 2.80. The Morgan fingerprint density at radius 3 is 2.63 bits per heavy atom. The lowest BCUT2D eigenvalue weighted by Gasteiger charge is -2.04. The molecule has 0 fully saturated rings. The van der Waals surface area contributed by atoms with Gasteiger partial charge in [0.15, 0.2) is 0 Å². The van der Waals surface area contributed by atoms with E-state index in [2.05, 4.69) is 22.5 Å². The van der Waals surface area contributed by atoms with Gasteiger partial charge < -0.3 is 5.32 Å². The third-order valence-corrected chi connectivity index (χ3v) is 2.89. The van der Waals surface area contributed by atoms with Gasteiger partial charge in [0.05, 0.1) is 6.20 Å². The summed E-state index contributed by atoms with van der Waals surface area (Å²) in [7, 11) is 0. The van der Waals surface area contributed by atoms with Gasteiger partial charge in [0.25, 0.3) is 0 Å². The summed E-state index contributed by atoms with van der Waals surface area (Å²) in [6, 6.07) is 10.3. The van der Waals surface area contributed by atoms with Gasteiger partial charge >= 0.3 is 0 Å². The predicted molar refractivity (Wildman–Crippen MR) is 77.0 cm³/mol. The quantitative estimate of drug-likeness (QED) is 0.826. The summed E-state index contributed by atoms with van der Waals surface area (Å²) in [6.07, 6.45) is 2.54. The maximum atomic E-state index is 13.6. The fraction of sp³-hybridized carbons (Fsp3) is 0.357. The van der Waals surface area contributed by atoms with E-state index in [9.17, 15) is 4.39 Å². The average Bonchev–Trinajstić information content (AvgIpc) is 2.77. The van der Waals surface area contributed by atoms with Crippen molar-refractivity contribution in [1.82, 2.24) is 15.1 Å². The molecule has 0 spiro atoms. The van der Waals surface area contributed by atoms with Crippen molar-refractivity contribution in [3.05, 3.63) is 53.6 Å². The molecule has 1 aromatic carbocycles. The van der Waals surface area contributed by atoms with Crippen molar-refractivity contribution >= 4 is 12.4 Å². The molecule has 1 heterocycles. The second-order valence-corrected chi connectivity index (χ2v) is 4.19. The summed E-state index contributed by atoms with van der Waals surface area (Å²) in [5.41, 5.74) is 1.92. The zero-order valence-electron chi connectivity index (χ0n) is 11.0. The van der Waals surface area contributed by atoms with Crippen molar-refractivity contribution in [3.63, 3.8) is 0 Å². The molecule has 0 amide bonds. The van der Waals surface area contributed by atoms with Gasteiger partial charge in [0.2, 0.25) is 5.95 Å². The monoisotopic (exact) mass is 283 g/mol. The summed E-state index contributed by atoms with van der Waals surface area (Å²) in [5.74, 6) is -0.232. The van der Waals surface area contributed by atoms with Crippen LogP contribution in [0.4, 0.5) is 4.39 Å². The smallest absolute Gasteiger partial charge is 0.215 e. The highest BCUT2D eigenvalue weighted by atomic mass is 35.5. The first-order valence-electron chi connectivity index (χ1n) is 6.26. The largest absolute Gasteiger partial charge is 0.312 e. The first-order valence-corrected chi connectivity index (χ1v) is 6.26. The zero-order chi connectivity index (χ0) is 12.8. The second-order valence-electron chi connectivity index (χ2n) is 4.19. The lowest BCUT2D eigenvalue weighted by molar-refractivity contribution is 0.460. The molecule has 1 N–H and O–H groups in total. The second kappa shape index (κ2) is 7.92. The van der Waals surface area contributed by atoms with Crippen LogP contribution in [0.15, 0.2) is 36.5 Å². The third kappa shape index (κ3) is 4.33. The van der Waals surface area contributed by atoms with Crippen LogP contribution in [-0.4, -0.2) is 16.3 Å². The number of hydrogen-bond acceptors (Lipinski definition) is 2. The van der Waals surface area contributed by atoms with Crippen LogP contribution >= 0.6 is 12.4 Å². The van der Waals surface area contributed by atoms with E-state index in [0.29, 0.717) is 18.7 Å². The molecule has 2 rings (SSSR count). The number of aromatic nitrogens is 2. The number of halogens is 2. The number of hydrogen-bond donors (Lipinski definition) is 1. The van der Waals surface area contributed by atoms with Crippen LogP contribution in [0.1, 0.15) is 18.1 Å². The highest BCUT2D eigenvalue weighted by molar-refractivity contribution is 5.85. The molecule has 0 saturated carbocycles. The highest BCUT2D eigenvalue weighted by Gasteiger charge is 2.07. The van der Waals surface area contributed by atoms with Crippen LogP contribution in [0.2, 0.25) is 0 Å². The van der Waals surface area contributed by atoms with Gasteiger partial charge in [0.1, 0.15) is 0 Å². The zero-order valence-corrected chi connectivity index (χ0v) is 11.8. The van der Waals surface area contributed by atoms with Gasteiger partial charge in [-0.05, 0) is 25.5 Å². The minimum absolute atomic E-state index is 0. The van der Waals surface area contributed by atoms with Gasteiger partial charge in [0, 0.05) is 18.7 Å². The number of rotatable bonds is 6. The normalized spacial score (nSPS) is 10.2. The van der Waals surface area contributed by atoms with Crippen molar-refractivity contribution in [2.75, 3.05) is 6.54 Å². The molecule has 104 valence electrons. The molecule has 2 aromatic rings. The van der Waals surface area contributed by atoms with Crippen LogP contribution in [0, 0.1) is 5.95 Å². The molecule has 0 aliphatic carbocycles. The molecule has 0 bridgehead atoms. The van der Waals surface area contributed by atoms with E-state index in [1.165, 1.54) is 10.2 Å². The molecule has 0 unspecified atom stereocenters. The fourth-order valence-corrected chi connectivity index (χ4v) is 1.85. The first kappa shape index (κ1) is 15.7. The number of nitrogens with zero attached hydrogens (tertiary/aromatic N) is 2. The number of aryl methyl sites for hydroxylation is 1. The molecule has 0 radical (unpaired) electrons. The van der Waals surface area contributed by atoms with E-state index in [4.69, 9.17) is 0 Å². The van der Waals surface area contributed by atoms with Gasteiger partial charge in [-0.3, -0.25) is 0 Å². The molecule has 3 nitrogen and oxygen atoms in total. The Morgan fingerprint density at radius 1 is 1.26 bits per heavy atom. The summed E-state index contributed by atoms with van der Waals surface area (Å²) in [6.45, 7) is 3.80. The topological polar surface area (TPSA) is 29.9 Å². The van der Waals surface area contributed by atoms with E-state index in [1.807, 2.05) is 25.1 Å². The number of nitrogens with one attached hydrogen (secondary N) is 1. The Bertz CT molecular complexity index is 485. The molecule has 0 aliphatic heterocycles. The molecule has 19 heavy (non-hydrogen) atoms. The van der Waals surface area contributed by atoms with E-state index in [0.717, 1.165) is 13.0 Å². The van der Waals surface area contributed by atoms with Crippen molar-refractivity contribution < 1.29 is 4.39 Å². The van der Waals surface area contributed by atoms with Crippen molar-refractivity contribution in [1.29, 1.82) is 0 Å². The van der Waals surface area contributed by atoms with E-state index < -0.39 is 0 Å². The molecule has 5 heteroatoms. The van der Waals surface area contributed by atoms with Crippen molar-refractivity contribution in [3.8, 4) is 0 Å². The Balaban J connectivity index is 0.00000180. The molecule has 0 atom stereocenters. The van der Waals surface area contributed by atoms with Crippen LogP contribution < -0.4 is 5.32 Å². The van der Waals surface area contributed by atoms with Gasteiger partial charge in [-0.15, -0.1) is 12.4 Å². The molecule has 1 aromatic heterocycles. The minimum Gasteiger partial charge on any atom is -0.312 e. The molecule has 0 saturated heterocycles. The van der Waals surface area contributed by atoms with Crippen LogP contribution in [0.3, 0.4) is 0 Å². The van der Waals surface area contributed by atoms with Crippen LogP contribution in [-0.2, 0) is 19.5 Å². The van der Waals surface area contributed by atoms with Gasteiger partial charge in [-0.25, -0.2) is 4.68 Å². The molecule has 0 aliphatic rings. The lowest BCUT2D eigenvalue weighted by atomic mass is 10.1. The maximum absolute atomic E-state index is 13.6. The number of benzene rings is 1. The summed E-state index contributed by atoms with van der Waals surface area (Å²) in [4.78, 5) is 0. The summed E-state index contributed by atoms with van der Waals surface area (Å²) < 4.78 is 15.0. The van der Waals surface area contributed by atoms with Crippen LogP contribution in [0.25, 0.3) is 0 Å². The SMILES string of the molecule is CCn1ncc(CNCCc2ccccc2)c1F.Cl. The Kier molecular flexibility index (Phi) is 6.53. The summed E-state index contributed by atoms with van der Waals surface area (Å²) >= 11 is 0. The highest BCUT2D eigenvalue weighted by Crippen LogP contribution is 2.06. The van der Waals surface area contributed by atoms with Gasteiger partial charge in [-0.2, -0.15) is 9.49 Å². The standard InChI is InChI=1S/C14H18FN3.ClH/c1-2-18-14(15)13(11-17-18)10-16-9-8-12-6-4-3-5-7-12;/h3-7,11,16H,2,8-10H2,1H3;1H. The van der Waals surface area contributed by atoms with E-state index in [1.54, 1.807) is 6.20 Å². The lowest BCUT2D eigenvalue weighted by Crippen LogP contribution is -2.17.